The number of Topliss-reactive ketones (excluding diaryl/α,β-unsaturated/α-hetero) is 1. The molecule has 0 spiro atoms. The number of aliphatic hydroxyl groups is 1. The summed E-state index contributed by atoms with van der Waals surface area (Å²) < 4.78 is 5.03. The van der Waals surface area contributed by atoms with Gasteiger partial charge in [-0.25, -0.2) is 4.79 Å². The SMILES string of the molecule is O=C(NCC[C@@H](O)[C@H]1CCC1=O)OCc1ccccc1. The fourth-order valence-electron chi connectivity index (χ4n) is 2.13. The summed E-state index contributed by atoms with van der Waals surface area (Å²) in [6, 6.07) is 9.40. The Morgan fingerprint density at radius 2 is 2.15 bits per heavy atom. The Kier molecular flexibility index (Phi) is 5.12. The molecule has 1 aromatic carbocycles. The van der Waals surface area contributed by atoms with Crippen molar-refractivity contribution >= 4 is 11.9 Å². The lowest BCUT2D eigenvalue weighted by Gasteiger charge is -2.28. The topological polar surface area (TPSA) is 75.6 Å². The summed E-state index contributed by atoms with van der Waals surface area (Å²) in [5.41, 5.74) is 0.919. The first-order valence-electron chi connectivity index (χ1n) is 6.82. The number of carbonyl (C=O) groups excluding carboxylic acids is 2. The molecule has 0 bridgehead atoms. The summed E-state index contributed by atoms with van der Waals surface area (Å²) in [6.45, 7) is 0.523. The summed E-state index contributed by atoms with van der Waals surface area (Å²) >= 11 is 0. The molecule has 0 unspecified atom stereocenters. The third-order valence-electron chi connectivity index (χ3n) is 3.50. The van der Waals surface area contributed by atoms with Crippen molar-refractivity contribution in [3.05, 3.63) is 35.9 Å². The number of aliphatic hydroxyl groups excluding tert-OH is 1. The van der Waals surface area contributed by atoms with Gasteiger partial charge in [0.25, 0.3) is 0 Å². The number of hydrogen-bond donors (Lipinski definition) is 2. The second-order valence-corrected chi connectivity index (χ2v) is 4.96. The molecule has 1 aliphatic carbocycles. The highest BCUT2D eigenvalue weighted by atomic mass is 16.5. The third-order valence-corrected chi connectivity index (χ3v) is 3.50. The molecule has 5 nitrogen and oxygen atoms in total. The van der Waals surface area contributed by atoms with Gasteiger partial charge in [-0.15, -0.1) is 0 Å². The van der Waals surface area contributed by atoms with Crippen LogP contribution < -0.4 is 5.32 Å². The minimum atomic E-state index is -0.661. The van der Waals surface area contributed by atoms with E-state index in [-0.39, 0.29) is 18.3 Å². The van der Waals surface area contributed by atoms with E-state index in [1.807, 2.05) is 30.3 Å². The van der Waals surface area contributed by atoms with E-state index >= 15 is 0 Å². The number of rotatable bonds is 6. The summed E-state index contributed by atoms with van der Waals surface area (Å²) in [7, 11) is 0. The van der Waals surface area contributed by atoms with Crippen molar-refractivity contribution in [2.24, 2.45) is 5.92 Å². The first-order valence-corrected chi connectivity index (χ1v) is 6.82. The molecular formula is C15H19NO4. The molecular weight excluding hydrogens is 258 g/mol. The number of alkyl carbamates (subject to hydrolysis) is 1. The fourth-order valence-corrected chi connectivity index (χ4v) is 2.13. The fraction of sp³-hybridized carbons (Fsp3) is 0.467. The normalized spacial score (nSPS) is 19.1. The highest BCUT2D eigenvalue weighted by molar-refractivity contribution is 5.86. The van der Waals surface area contributed by atoms with Gasteiger partial charge in [0.05, 0.1) is 6.10 Å². The zero-order chi connectivity index (χ0) is 14.4. The van der Waals surface area contributed by atoms with Crippen LogP contribution in [0.3, 0.4) is 0 Å². The van der Waals surface area contributed by atoms with E-state index < -0.39 is 12.2 Å². The molecule has 1 aromatic rings. The van der Waals surface area contributed by atoms with Crippen LogP contribution in [0.15, 0.2) is 30.3 Å². The Labute approximate surface area is 117 Å². The van der Waals surface area contributed by atoms with Crippen molar-refractivity contribution in [3.8, 4) is 0 Å². The number of amides is 1. The van der Waals surface area contributed by atoms with Crippen molar-refractivity contribution in [3.63, 3.8) is 0 Å². The van der Waals surface area contributed by atoms with Gasteiger partial charge in [0.15, 0.2) is 0 Å². The number of ketones is 1. The highest BCUT2D eigenvalue weighted by Crippen LogP contribution is 2.26. The Morgan fingerprint density at radius 1 is 1.40 bits per heavy atom. The monoisotopic (exact) mass is 277 g/mol. The van der Waals surface area contributed by atoms with Crippen LogP contribution in [0.5, 0.6) is 0 Å². The number of benzene rings is 1. The summed E-state index contributed by atoms with van der Waals surface area (Å²) in [4.78, 5) is 22.6. The molecule has 2 atom stereocenters. The van der Waals surface area contributed by atoms with Crippen molar-refractivity contribution in [2.75, 3.05) is 6.54 Å². The zero-order valence-corrected chi connectivity index (χ0v) is 11.2. The average molecular weight is 277 g/mol. The van der Waals surface area contributed by atoms with Gasteiger partial charge in [0.1, 0.15) is 12.4 Å². The Morgan fingerprint density at radius 3 is 2.75 bits per heavy atom. The third kappa shape index (κ3) is 4.06. The van der Waals surface area contributed by atoms with Gasteiger partial charge >= 0.3 is 6.09 Å². The van der Waals surface area contributed by atoms with Crippen LogP contribution in [0.1, 0.15) is 24.8 Å². The first-order chi connectivity index (χ1) is 9.66. The van der Waals surface area contributed by atoms with Crippen LogP contribution in [0.4, 0.5) is 4.79 Å². The van der Waals surface area contributed by atoms with E-state index in [1.54, 1.807) is 0 Å². The Balaban J connectivity index is 1.59. The van der Waals surface area contributed by atoms with E-state index in [4.69, 9.17) is 4.74 Å². The number of nitrogens with one attached hydrogen (secondary N) is 1. The van der Waals surface area contributed by atoms with Crippen LogP contribution in [-0.4, -0.2) is 29.6 Å². The maximum atomic E-state index is 11.4. The maximum absolute atomic E-state index is 11.4. The molecule has 0 saturated heterocycles. The second-order valence-electron chi connectivity index (χ2n) is 4.96. The van der Waals surface area contributed by atoms with E-state index in [1.165, 1.54) is 0 Å². The van der Waals surface area contributed by atoms with Crippen LogP contribution in [-0.2, 0) is 16.1 Å². The summed E-state index contributed by atoms with van der Waals surface area (Å²) in [6.07, 6.45) is 0.510. The molecule has 0 aliphatic heterocycles. The predicted molar refractivity (Wildman–Crippen MR) is 73.0 cm³/mol. The molecule has 2 N–H and O–H groups in total. The number of ether oxygens (including phenoxy) is 1. The molecule has 2 rings (SSSR count). The van der Waals surface area contributed by atoms with Crippen LogP contribution in [0.2, 0.25) is 0 Å². The lowest BCUT2D eigenvalue weighted by Crippen LogP contribution is -2.38. The molecule has 0 aromatic heterocycles. The Bertz CT molecular complexity index is 460. The van der Waals surface area contributed by atoms with E-state index in [2.05, 4.69) is 5.32 Å². The second kappa shape index (κ2) is 7.05. The lowest BCUT2D eigenvalue weighted by atomic mass is 9.79. The molecule has 1 saturated carbocycles. The van der Waals surface area contributed by atoms with Crippen molar-refractivity contribution in [1.29, 1.82) is 0 Å². The minimum Gasteiger partial charge on any atom is -0.445 e. The predicted octanol–water partition coefficient (Wildman–Crippen LogP) is 1.64. The van der Waals surface area contributed by atoms with Gasteiger partial charge < -0.3 is 15.2 Å². The first kappa shape index (κ1) is 14.5. The van der Waals surface area contributed by atoms with Crippen molar-refractivity contribution in [1.82, 2.24) is 5.32 Å². The molecule has 0 heterocycles. The maximum Gasteiger partial charge on any atom is 0.407 e. The van der Waals surface area contributed by atoms with Gasteiger partial charge in [0.2, 0.25) is 0 Å². The molecule has 5 heteroatoms. The van der Waals surface area contributed by atoms with Crippen molar-refractivity contribution < 1.29 is 19.4 Å². The highest BCUT2D eigenvalue weighted by Gasteiger charge is 2.33. The average Bonchev–Trinajstić information content (AvgIpc) is 2.44. The van der Waals surface area contributed by atoms with Gasteiger partial charge in [-0.05, 0) is 18.4 Å². The molecule has 1 fully saturated rings. The van der Waals surface area contributed by atoms with Gasteiger partial charge in [-0.3, -0.25) is 4.79 Å². The van der Waals surface area contributed by atoms with Crippen LogP contribution >= 0.6 is 0 Å². The lowest BCUT2D eigenvalue weighted by molar-refractivity contribution is -0.134. The van der Waals surface area contributed by atoms with Gasteiger partial charge in [-0.1, -0.05) is 30.3 Å². The number of carbonyl (C=O) groups is 2. The zero-order valence-electron chi connectivity index (χ0n) is 11.2. The molecule has 20 heavy (non-hydrogen) atoms. The van der Waals surface area contributed by atoms with Gasteiger partial charge in [0, 0.05) is 18.9 Å². The minimum absolute atomic E-state index is 0.115. The number of hydrogen-bond acceptors (Lipinski definition) is 4. The van der Waals surface area contributed by atoms with E-state index in [9.17, 15) is 14.7 Å². The molecule has 108 valence electrons. The van der Waals surface area contributed by atoms with Crippen molar-refractivity contribution in [2.45, 2.75) is 32.0 Å². The van der Waals surface area contributed by atoms with E-state index in [0.717, 1.165) is 12.0 Å². The van der Waals surface area contributed by atoms with Gasteiger partial charge in [-0.2, -0.15) is 0 Å². The molecule has 1 amide bonds. The smallest absolute Gasteiger partial charge is 0.407 e. The molecule has 1 aliphatic rings. The largest absolute Gasteiger partial charge is 0.445 e. The standard InChI is InChI=1S/C15H19NO4/c17-13-7-6-12(13)14(18)8-9-16-15(19)20-10-11-4-2-1-3-5-11/h1-5,12,14,18H,6-10H2,(H,16,19)/t12-,14+/m0/s1. The quantitative estimate of drug-likeness (QED) is 0.829. The Hall–Kier alpha value is -1.88. The summed E-state index contributed by atoms with van der Waals surface area (Å²) in [5.74, 6) is -0.124. The van der Waals surface area contributed by atoms with E-state index in [0.29, 0.717) is 19.4 Å². The van der Waals surface area contributed by atoms with Crippen LogP contribution in [0, 0.1) is 5.92 Å². The van der Waals surface area contributed by atoms with Crippen LogP contribution in [0.25, 0.3) is 0 Å². The molecule has 0 radical (unpaired) electrons. The summed E-state index contributed by atoms with van der Waals surface area (Å²) in [5, 5.41) is 12.3.